The standard InChI is InChI=1S/C18H14/c1-2-7-17-14(4-1)10-11-18(17)16-9-8-13-5-3-6-15(13)12-16/h1-4,6-12,18H,5H2. The smallest absolute Gasteiger partial charge is 0.0278 e. The van der Waals surface area contributed by atoms with Gasteiger partial charge in [0.05, 0.1) is 0 Å². The highest BCUT2D eigenvalue weighted by Crippen LogP contribution is 2.36. The van der Waals surface area contributed by atoms with Gasteiger partial charge in [0.1, 0.15) is 0 Å². The summed E-state index contributed by atoms with van der Waals surface area (Å²) < 4.78 is 0. The second kappa shape index (κ2) is 3.71. The van der Waals surface area contributed by atoms with E-state index in [1.807, 2.05) is 0 Å². The lowest BCUT2D eigenvalue weighted by atomic mass is 9.91. The van der Waals surface area contributed by atoms with Crippen LogP contribution >= 0.6 is 0 Å². The molecule has 0 spiro atoms. The lowest BCUT2D eigenvalue weighted by molar-refractivity contribution is 1.04. The Morgan fingerprint density at radius 3 is 2.83 bits per heavy atom. The summed E-state index contributed by atoms with van der Waals surface area (Å²) in [6, 6.07) is 15.6. The van der Waals surface area contributed by atoms with Crippen LogP contribution in [0, 0.1) is 0 Å². The van der Waals surface area contributed by atoms with Crippen LogP contribution in [0.3, 0.4) is 0 Å². The predicted molar refractivity (Wildman–Crippen MR) is 76.5 cm³/mol. The highest BCUT2D eigenvalue weighted by Gasteiger charge is 2.19. The second-order valence-corrected chi connectivity index (χ2v) is 5.03. The molecule has 0 amide bonds. The van der Waals surface area contributed by atoms with Crippen LogP contribution < -0.4 is 0 Å². The molecule has 0 radical (unpaired) electrons. The van der Waals surface area contributed by atoms with Gasteiger partial charge in [-0.05, 0) is 34.2 Å². The SMILES string of the molecule is C1=Cc2cc(C3C=Cc4ccccc43)ccc2C1. The van der Waals surface area contributed by atoms with E-state index in [-0.39, 0.29) is 0 Å². The monoisotopic (exact) mass is 230 g/mol. The van der Waals surface area contributed by atoms with Crippen molar-refractivity contribution in [3.8, 4) is 0 Å². The number of hydrogen-bond donors (Lipinski definition) is 0. The average Bonchev–Trinajstić information content (AvgIpc) is 3.04. The Bertz CT molecular complexity index is 674. The lowest BCUT2D eigenvalue weighted by Gasteiger charge is -2.13. The number of fused-ring (bicyclic) bond motifs is 2. The first-order valence-electron chi connectivity index (χ1n) is 6.48. The van der Waals surface area contributed by atoms with Gasteiger partial charge in [-0.1, -0.05) is 66.8 Å². The van der Waals surface area contributed by atoms with Crippen LogP contribution in [-0.2, 0) is 6.42 Å². The summed E-state index contributed by atoms with van der Waals surface area (Å²) in [4.78, 5) is 0. The van der Waals surface area contributed by atoms with E-state index in [1.54, 1.807) is 0 Å². The Hall–Kier alpha value is -2.08. The van der Waals surface area contributed by atoms with Crippen LogP contribution in [0.2, 0.25) is 0 Å². The van der Waals surface area contributed by atoms with Gasteiger partial charge in [-0.3, -0.25) is 0 Å². The summed E-state index contributed by atoms with van der Waals surface area (Å²) >= 11 is 0. The van der Waals surface area contributed by atoms with Gasteiger partial charge in [-0.15, -0.1) is 0 Å². The van der Waals surface area contributed by atoms with Gasteiger partial charge in [-0.2, -0.15) is 0 Å². The second-order valence-electron chi connectivity index (χ2n) is 5.03. The molecular weight excluding hydrogens is 216 g/mol. The van der Waals surface area contributed by atoms with Crippen LogP contribution in [0.15, 0.2) is 54.6 Å². The van der Waals surface area contributed by atoms with Crippen molar-refractivity contribution >= 4 is 12.2 Å². The lowest BCUT2D eigenvalue weighted by Crippen LogP contribution is -1.96. The molecule has 0 nitrogen and oxygen atoms in total. The largest absolute Gasteiger partial charge is 0.0795 e. The van der Waals surface area contributed by atoms with Crippen molar-refractivity contribution in [3.05, 3.63) is 82.4 Å². The van der Waals surface area contributed by atoms with Crippen LogP contribution in [0.25, 0.3) is 12.2 Å². The number of allylic oxidation sites excluding steroid dienone is 2. The van der Waals surface area contributed by atoms with Gasteiger partial charge >= 0.3 is 0 Å². The number of benzene rings is 2. The van der Waals surface area contributed by atoms with Gasteiger partial charge < -0.3 is 0 Å². The van der Waals surface area contributed by atoms with E-state index in [0.717, 1.165) is 6.42 Å². The zero-order valence-electron chi connectivity index (χ0n) is 10.1. The molecule has 1 atom stereocenters. The van der Waals surface area contributed by atoms with Crippen LogP contribution in [0.1, 0.15) is 33.7 Å². The average molecular weight is 230 g/mol. The molecule has 4 rings (SSSR count). The zero-order chi connectivity index (χ0) is 11.9. The number of hydrogen-bond acceptors (Lipinski definition) is 0. The first kappa shape index (κ1) is 9.90. The van der Waals surface area contributed by atoms with Gasteiger partial charge in [0, 0.05) is 5.92 Å². The topological polar surface area (TPSA) is 0 Å². The molecular formula is C18H14. The Balaban J connectivity index is 1.81. The van der Waals surface area contributed by atoms with Crippen LogP contribution in [-0.4, -0.2) is 0 Å². The number of rotatable bonds is 1. The summed E-state index contributed by atoms with van der Waals surface area (Å²) in [5.74, 6) is 0.431. The summed E-state index contributed by atoms with van der Waals surface area (Å²) in [5.41, 5.74) is 7.04. The molecule has 86 valence electrons. The summed E-state index contributed by atoms with van der Waals surface area (Å²) in [7, 11) is 0. The van der Waals surface area contributed by atoms with Gasteiger partial charge in [0.25, 0.3) is 0 Å². The molecule has 0 saturated heterocycles. The quantitative estimate of drug-likeness (QED) is 0.680. The maximum absolute atomic E-state index is 2.34. The molecule has 2 aliphatic carbocycles. The maximum atomic E-state index is 2.34. The minimum atomic E-state index is 0.431. The van der Waals surface area contributed by atoms with Crippen LogP contribution in [0.5, 0.6) is 0 Å². The van der Waals surface area contributed by atoms with Crippen LogP contribution in [0.4, 0.5) is 0 Å². The highest BCUT2D eigenvalue weighted by molar-refractivity contribution is 5.67. The molecule has 2 aromatic rings. The Morgan fingerprint density at radius 1 is 0.889 bits per heavy atom. The third-order valence-electron chi connectivity index (χ3n) is 3.96. The molecule has 1 unspecified atom stereocenters. The minimum Gasteiger partial charge on any atom is -0.0795 e. The van der Waals surface area contributed by atoms with Crippen molar-refractivity contribution < 1.29 is 0 Å². The first-order valence-corrected chi connectivity index (χ1v) is 6.48. The fraction of sp³-hybridized carbons (Fsp3) is 0.111. The van der Waals surface area contributed by atoms with E-state index in [1.165, 1.54) is 27.8 Å². The Kier molecular flexibility index (Phi) is 2.04. The summed E-state index contributed by atoms with van der Waals surface area (Å²) in [6.45, 7) is 0. The third-order valence-corrected chi connectivity index (χ3v) is 3.96. The fourth-order valence-electron chi connectivity index (χ4n) is 3.00. The van der Waals surface area contributed by atoms with E-state index in [9.17, 15) is 0 Å². The van der Waals surface area contributed by atoms with E-state index in [4.69, 9.17) is 0 Å². The summed E-state index contributed by atoms with van der Waals surface area (Å²) in [6.07, 6.45) is 10.1. The molecule has 0 fully saturated rings. The van der Waals surface area contributed by atoms with Crippen molar-refractivity contribution in [1.82, 2.24) is 0 Å². The van der Waals surface area contributed by atoms with Crippen molar-refractivity contribution in [1.29, 1.82) is 0 Å². The molecule has 0 bridgehead atoms. The zero-order valence-corrected chi connectivity index (χ0v) is 10.1. The molecule has 2 aliphatic rings. The molecule has 0 heteroatoms. The first-order chi connectivity index (χ1) is 8.92. The Morgan fingerprint density at radius 2 is 1.83 bits per heavy atom. The molecule has 0 aromatic heterocycles. The van der Waals surface area contributed by atoms with E-state index in [2.05, 4.69) is 66.8 Å². The normalized spacial score (nSPS) is 19.0. The van der Waals surface area contributed by atoms with Gasteiger partial charge in [0.15, 0.2) is 0 Å². The molecule has 2 aromatic carbocycles. The van der Waals surface area contributed by atoms with Gasteiger partial charge in [0.2, 0.25) is 0 Å². The molecule has 18 heavy (non-hydrogen) atoms. The molecule has 0 heterocycles. The maximum Gasteiger partial charge on any atom is 0.0278 e. The highest BCUT2D eigenvalue weighted by atomic mass is 14.2. The van der Waals surface area contributed by atoms with E-state index < -0.39 is 0 Å². The van der Waals surface area contributed by atoms with E-state index >= 15 is 0 Å². The molecule has 0 N–H and O–H groups in total. The van der Waals surface area contributed by atoms with Crippen molar-refractivity contribution in [2.75, 3.05) is 0 Å². The van der Waals surface area contributed by atoms with Crippen molar-refractivity contribution in [2.45, 2.75) is 12.3 Å². The van der Waals surface area contributed by atoms with Crippen molar-refractivity contribution in [3.63, 3.8) is 0 Å². The fourth-order valence-corrected chi connectivity index (χ4v) is 3.00. The van der Waals surface area contributed by atoms with Crippen molar-refractivity contribution in [2.24, 2.45) is 0 Å². The summed E-state index contributed by atoms with van der Waals surface area (Å²) in [5, 5.41) is 0. The minimum absolute atomic E-state index is 0.431. The predicted octanol–water partition coefficient (Wildman–Crippen LogP) is 4.41. The van der Waals surface area contributed by atoms with Gasteiger partial charge in [-0.25, -0.2) is 0 Å². The van der Waals surface area contributed by atoms with E-state index in [0.29, 0.717) is 5.92 Å². The molecule has 0 aliphatic heterocycles. The molecule has 0 saturated carbocycles. The Labute approximate surface area is 107 Å². The third kappa shape index (κ3) is 1.39.